The van der Waals surface area contributed by atoms with Crippen molar-refractivity contribution in [1.82, 2.24) is 0 Å². The maximum absolute atomic E-state index is 2.24. The first-order chi connectivity index (χ1) is 6.36. The van der Waals surface area contributed by atoms with Gasteiger partial charge < -0.3 is 0 Å². The van der Waals surface area contributed by atoms with Crippen LogP contribution in [0, 0.1) is 6.92 Å². The molecule has 0 aliphatic carbocycles. The maximum Gasteiger partial charge on any atom is 0.0779 e. The van der Waals surface area contributed by atoms with Crippen LogP contribution < -0.4 is 0 Å². The van der Waals surface area contributed by atoms with Crippen LogP contribution in [0.5, 0.6) is 0 Å². The van der Waals surface area contributed by atoms with E-state index in [9.17, 15) is 0 Å². The van der Waals surface area contributed by atoms with E-state index in [0.717, 1.165) is 0 Å². The largest absolute Gasteiger partial charge is 0.111 e. The first-order valence-electron chi connectivity index (χ1n) is 4.16. The summed E-state index contributed by atoms with van der Waals surface area (Å²) in [4.78, 5) is 1.47. The van der Waals surface area contributed by atoms with E-state index in [2.05, 4.69) is 65.3 Å². The van der Waals surface area contributed by atoms with Gasteiger partial charge in [-0.2, -0.15) is 0 Å². The fraction of sp³-hybridized carbons (Fsp3) is 0.333. The van der Waals surface area contributed by atoms with Crippen LogP contribution in [0.2, 0.25) is 0 Å². The summed E-state index contributed by atoms with van der Waals surface area (Å²) in [6, 6.07) is 8.68. The first kappa shape index (κ1) is 10.2. The Morgan fingerprint density at radius 2 is 1.92 bits per heavy atom. The van der Waals surface area contributed by atoms with Crippen molar-refractivity contribution < 1.29 is 0 Å². The molecule has 0 saturated carbocycles. The lowest BCUT2D eigenvalue weighted by Gasteiger charge is -2.08. The van der Waals surface area contributed by atoms with Crippen molar-refractivity contribution in [3.05, 3.63) is 29.8 Å². The van der Waals surface area contributed by atoms with Crippen LogP contribution in [-0.2, 0) is 0 Å². The lowest BCUT2D eigenvalue weighted by Crippen LogP contribution is -1.73. The quantitative estimate of drug-likeness (QED) is 0.688. The van der Waals surface area contributed by atoms with Crippen molar-refractivity contribution in [2.75, 3.05) is 11.5 Å². The highest BCUT2D eigenvalue weighted by molar-refractivity contribution is 9.13. The Kier molecular flexibility index (Phi) is 3.91. The van der Waals surface area contributed by atoms with Gasteiger partial charge in [0.05, 0.1) is 5.53 Å². The van der Waals surface area contributed by atoms with Crippen molar-refractivity contribution in [3.63, 3.8) is 0 Å². The van der Waals surface area contributed by atoms with Crippen LogP contribution in [-0.4, -0.2) is 11.5 Å². The minimum absolute atomic E-state index is 0.112. The van der Waals surface area contributed by atoms with Gasteiger partial charge in [-0.3, -0.25) is 0 Å². The van der Waals surface area contributed by atoms with Crippen LogP contribution in [0.4, 0.5) is 0 Å². The van der Waals surface area contributed by atoms with Gasteiger partial charge in [-0.05, 0) is 18.6 Å². The molecule has 0 nitrogen and oxygen atoms in total. The zero-order valence-corrected chi connectivity index (χ0v) is 10.7. The van der Waals surface area contributed by atoms with Gasteiger partial charge in [0.15, 0.2) is 0 Å². The molecule has 13 heavy (non-hydrogen) atoms. The Morgan fingerprint density at radius 1 is 1.23 bits per heavy atom. The average Bonchev–Trinajstić information content (AvgIpc) is 2.61. The molecule has 2 rings (SSSR count). The Labute approximate surface area is 92.6 Å². The molecule has 1 aliphatic heterocycles. The van der Waals surface area contributed by atoms with Crippen molar-refractivity contribution in [2.45, 2.75) is 11.8 Å². The first-order valence-corrected chi connectivity index (χ1v) is 10.1. The Morgan fingerprint density at radius 3 is 2.62 bits per heavy atom. The Hall–Kier alpha value is 0.700. The summed E-state index contributed by atoms with van der Waals surface area (Å²) in [5, 5.41) is 0. The number of hydrogen-bond acceptors (Lipinski definition) is 3. The zero-order valence-electron chi connectivity index (χ0n) is 7.40. The second-order valence-electron chi connectivity index (χ2n) is 2.75. The van der Waals surface area contributed by atoms with Crippen molar-refractivity contribution in [3.8, 4) is 0 Å². The van der Waals surface area contributed by atoms with E-state index in [1.165, 1.54) is 22.0 Å². The monoisotopic (exact) mass is 246 g/mol. The molecule has 0 bridgehead atoms. The van der Waals surface area contributed by atoms with E-state index in [-0.39, 0.29) is 5.53 Å². The van der Waals surface area contributed by atoms with E-state index in [1.807, 2.05) is 0 Å². The van der Waals surface area contributed by atoms with E-state index in [4.69, 9.17) is 0 Å². The third kappa shape index (κ3) is 2.82. The molecule has 0 amide bonds. The van der Waals surface area contributed by atoms with E-state index in [0.29, 0.717) is 0 Å². The normalized spacial score (nSPS) is 17.9. The van der Waals surface area contributed by atoms with Gasteiger partial charge in [0.2, 0.25) is 0 Å². The standard InChI is InChI=1S/C9H11PS3/c1-8-4-2-3-5-9(8)13-10-11-6-7-12-10/h2-5H,6-7H2,1H3. The molecule has 1 heterocycles. The Bertz CT molecular complexity index is 284. The molecule has 0 radical (unpaired) electrons. The number of benzene rings is 1. The lowest BCUT2D eigenvalue weighted by atomic mass is 10.2. The predicted molar refractivity (Wildman–Crippen MR) is 68.9 cm³/mol. The smallest absolute Gasteiger partial charge is 0.0779 e. The topological polar surface area (TPSA) is 0 Å². The summed E-state index contributed by atoms with van der Waals surface area (Å²) in [5.41, 5.74) is 1.53. The second kappa shape index (κ2) is 4.97. The third-order valence-corrected chi connectivity index (χ3v) is 12.5. The van der Waals surface area contributed by atoms with Crippen LogP contribution in [0.3, 0.4) is 0 Å². The highest BCUT2D eigenvalue weighted by atomic mass is 33.4. The number of rotatable bonds is 2. The van der Waals surface area contributed by atoms with Gasteiger partial charge in [-0.1, -0.05) is 29.6 Å². The van der Waals surface area contributed by atoms with Crippen molar-refractivity contribution >= 4 is 39.7 Å². The van der Waals surface area contributed by atoms with Gasteiger partial charge in [0, 0.05) is 16.4 Å². The highest BCUT2D eigenvalue weighted by Gasteiger charge is 2.18. The molecule has 1 saturated heterocycles. The van der Waals surface area contributed by atoms with E-state index < -0.39 is 0 Å². The molecule has 1 aliphatic rings. The molecule has 1 aromatic carbocycles. The van der Waals surface area contributed by atoms with Crippen molar-refractivity contribution in [1.29, 1.82) is 0 Å². The van der Waals surface area contributed by atoms with E-state index >= 15 is 0 Å². The fourth-order valence-corrected chi connectivity index (χ4v) is 12.3. The predicted octanol–water partition coefficient (Wildman–Crippen LogP) is 4.79. The summed E-state index contributed by atoms with van der Waals surface area (Å²) < 4.78 is 0. The van der Waals surface area contributed by atoms with Crippen LogP contribution in [0.1, 0.15) is 5.56 Å². The Balaban J connectivity index is 2.04. The number of hydrogen-bond donors (Lipinski definition) is 0. The summed E-state index contributed by atoms with van der Waals surface area (Å²) in [6.07, 6.45) is 0. The molecule has 70 valence electrons. The molecule has 0 spiro atoms. The molecular formula is C9H11PS3. The zero-order chi connectivity index (χ0) is 9.10. The lowest BCUT2D eigenvalue weighted by molar-refractivity contribution is 1.31. The minimum Gasteiger partial charge on any atom is -0.111 e. The van der Waals surface area contributed by atoms with Crippen LogP contribution in [0.25, 0.3) is 0 Å². The highest BCUT2D eigenvalue weighted by Crippen LogP contribution is 2.75. The summed E-state index contributed by atoms with van der Waals surface area (Å²) in [6.45, 7) is 2.20. The SMILES string of the molecule is Cc1ccccc1SP1SCCS1. The van der Waals surface area contributed by atoms with Gasteiger partial charge in [0.25, 0.3) is 0 Å². The number of aryl methyl sites for hydroxylation is 1. The molecule has 1 aromatic rings. The van der Waals surface area contributed by atoms with Gasteiger partial charge in [-0.25, -0.2) is 0 Å². The molecule has 0 N–H and O–H groups in total. The second-order valence-corrected chi connectivity index (χ2v) is 12.6. The van der Waals surface area contributed by atoms with E-state index in [1.54, 1.807) is 0 Å². The van der Waals surface area contributed by atoms with Gasteiger partial charge in [-0.15, -0.1) is 22.8 Å². The third-order valence-electron chi connectivity index (χ3n) is 1.74. The molecule has 0 aromatic heterocycles. The summed E-state index contributed by atoms with van der Waals surface area (Å²) >= 11 is 6.34. The molecule has 4 heteroatoms. The molecule has 0 unspecified atom stereocenters. The molecule has 1 fully saturated rings. The van der Waals surface area contributed by atoms with Gasteiger partial charge in [0.1, 0.15) is 0 Å². The van der Waals surface area contributed by atoms with Gasteiger partial charge >= 0.3 is 0 Å². The van der Waals surface area contributed by atoms with Crippen LogP contribution in [0.15, 0.2) is 29.2 Å². The maximum atomic E-state index is 2.24. The molecular weight excluding hydrogens is 235 g/mol. The average molecular weight is 246 g/mol. The van der Waals surface area contributed by atoms with Crippen LogP contribution >= 0.6 is 39.7 Å². The summed E-state index contributed by atoms with van der Waals surface area (Å²) in [5.74, 6) is 2.69. The van der Waals surface area contributed by atoms with Crippen molar-refractivity contribution in [2.24, 2.45) is 0 Å². The fourth-order valence-electron chi connectivity index (χ4n) is 1.05. The minimum atomic E-state index is 0.112. The molecule has 0 atom stereocenters. The summed E-state index contributed by atoms with van der Waals surface area (Å²) in [7, 11) is 0.